The van der Waals surface area contributed by atoms with Gasteiger partial charge in [-0.1, -0.05) is 44.7 Å². The first-order chi connectivity index (χ1) is 14.0. The zero-order valence-electron chi connectivity index (χ0n) is 16.7. The molecule has 4 nitrogen and oxygen atoms in total. The largest absolute Gasteiger partial charge is 0.416 e. The van der Waals surface area contributed by atoms with Gasteiger partial charge in [-0.25, -0.2) is 0 Å². The normalized spacial score (nSPS) is 11.0. The van der Waals surface area contributed by atoms with Crippen molar-refractivity contribution in [1.29, 1.82) is 0 Å². The molecular formula is C25H21N3O. The highest BCUT2D eigenvalue weighted by molar-refractivity contribution is 5.59. The van der Waals surface area contributed by atoms with Gasteiger partial charge >= 0.3 is 0 Å². The molecular weight excluding hydrogens is 358 g/mol. The first-order valence-corrected chi connectivity index (χ1v) is 9.46. The summed E-state index contributed by atoms with van der Waals surface area (Å²) in [4.78, 5) is 4.06. The molecule has 0 aliphatic carbocycles. The quantitative estimate of drug-likeness (QED) is 0.432. The van der Waals surface area contributed by atoms with Crippen molar-refractivity contribution in [3.8, 4) is 34.7 Å². The van der Waals surface area contributed by atoms with Gasteiger partial charge in [-0.15, -0.1) is 10.2 Å². The Morgan fingerprint density at radius 2 is 1.31 bits per heavy atom. The monoisotopic (exact) mass is 379 g/mol. The molecule has 0 saturated heterocycles. The van der Waals surface area contributed by atoms with Crippen molar-refractivity contribution in [1.82, 2.24) is 15.2 Å². The van der Waals surface area contributed by atoms with E-state index in [-0.39, 0.29) is 5.41 Å². The van der Waals surface area contributed by atoms with E-state index in [4.69, 9.17) is 4.42 Å². The van der Waals surface area contributed by atoms with E-state index >= 15 is 0 Å². The minimum absolute atomic E-state index is 0.111. The molecule has 0 aliphatic heterocycles. The molecule has 142 valence electrons. The third kappa shape index (κ3) is 4.41. The summed E-state index contributed by atoms with van der Waals surface area (Å²) in [6, 6.07) is 19.8. The number of rotatable bonds is 2. The molecule has 0 amide bonds. The average molecular weight is 379 g/mol. The Hall–Kier alpha value is -3.71. The maximum atomic E-state index is 5.88. The van der Waals surface area contributed by atoms with Crippen molar-refractivity contribution in [2.24, 2.45) is 0 Å². The van der Waals surface area contributed by atoms with Crippen LogP contribution in [0.2, 0.25) is 0 Å². The number of aromatic nitrogens is 3. The maximum Gasteiger partial charge on any atom is 0.248 e. The van der Waals surface area contributed by atoms with Crippen LogP contribution in [0.1, 0.15) is 37.5 Å². The second-order valence-electron chi connectivity index (χ2n) is 7.81. The molecule has 0 saturated carbocycles. The van der Waals surface area contributed by atoms with E-state index in [9.17, 15) is 0 Å². The summed E-state index contributed by atoms with van der Waals surface area (Å²) in [6.45, 7) is 6.58. The van der Waals surface area contributed by atoms with Crippen molar-refractivity contribution < 1.29 is 4.42 Å². The van der Waals surface area contributed by atoms with E-state index in [1.54, 1.807) is 12.4 Å². The molecule has 0 unspecified atom stereocenters. The molecule has 0 bridgehead atoms. The van der Waals surface area contributed by atoms with Gasteiger partial charge in [0.25, 0.3) is 0 Å². The highest BCUT2D eigenvalue weighted by Gasteiger charge is 2.15. The molecule has 0 aliphatic rings. The predicted molar refractivity (Wildman–Crippen MR) is 114 cm³/mol. The van der Waals surface area contributed by atoms with E-state index in [1.807, 2.05) is 48.5 Å². The van der Waals surface area contributed by atoms with Crippen molar-refractivity contribution >= 4 is 0 Å². The Morgan fingerprint density at radius 1 is 0.724 bits per heavy atom. The van der Waals surface area contributed by atoms with E-state index in [0.29, 0.717) is 11.8 Å². The summed E-state index contributed by atoms with van der Waals surface area (Å²) in [6.07, 6.45) is 3.48. The zero-order chi connectivity index (χ0) is 20.3. The van der Waals surface area contributed by atoms with E-state index in [1.165, 1.54) is 5.56 Å². The molecule has 2 aromatic carbocycles. The molecule has 2 aromatic heterocycles. The first kappa shape index (κ1) is 18.6. The average Bonchev–Trinajstić information content (AvgIpc) is 3.23. The van der Waals surface area contributed by atoms with Crippen LogP contribution in [0.25, 0.3) is 22.9 Å². The number of benzene rings is 2. The van der Waals surface area contributed by atoms with Crippen LogP contribution in [0, 0.1) is 11.8 Å². The van der Waals surface area contributed by atoms with Gasteiger partial charge in [0.05, 0.1) is 0 Å². The van der Waals surface area contributed by atoms with Gasteiger partial charge < -0.3 is 4.42 Å². The minimum atomic E-state index is 0.111. The molecule has 0 fully saturated rings. The molecule has 0 spiro atoms. The van der Waals surface area contributed by atoms with Gasteiger partial charge in [-0.3, -0.25) is 4.98 Å². The lowest BCUT2D eigenvalue weighted by molar-refractivity contribution is 0.582. The fraction of sp³-hybridized carbons (Fsp3) is 0.160. The molecule has 0 N–H and O–H groups in total. The Balaban J connectivity index is 1.52. The summed E-state index contributed by atoms with van der Waals surface area (Å²) < 4.78 is 5.88. The fourth-order valence-electron chi connectivity index (χ4n) is 2.85. The number of hydrogen-bond donors (Lipinski definition) is 0. The smallest absolute Gasteiger partial charge is 0.248 e. The lowest BCUT2D eigenvalue weighted by Crippen LogP contribution is -2.10. The molecule has 29 heavy (non-hydrogen) atoms. The van der Waals surface area contributed by atoms with Crippen LogP contribution in [-0.2, 0) is 5.41 Å². The number of hydrogen-bond acceptors (Lipinski definition) is 4. The lowest BCUT2D eigenvalue weighted by Gasteiger charge is -2.18. The van der Waals surface area contributed by atoms with Crippen LogP contribution in [-0.4, -0.2) is 15.2 Å². The summed E-state index contributed by atoms with van der Waals surface area (Å²) in [5, 5.41) is 8.40. The van der Waals surface area contributed by atoms with E-state index < -0.39 is 0 Å². The second kappa shape index (κ2) is 7.73. The summed E-state index contributed by atoms with van der Waals surface area (Å²) >= 11 is 0. The van der Waals surface area contributed by atoms with E-state index in [2.05, 4.69) is 59.9 Å². The SMILES string of the molecule is CC(C)(C)c1ccc(-c2nnc(-c3ccc(C#Cc4cccnc4)cc3)o2)cc1. The second-order valence-corrected chi connectivity index (χ2v) is 7.81. The van der Waals surface area contributed by atoms with Crippen LogP contribution >= 0.6 is 0 Å². The molecule has 0 radical (unpaired) electrons. The van der Waals surface area contributed by atoms with Gasteiger partial charge in [-0.2, -0.15) is 0 Å². The highest BCUT2D eigenvalue weighted by Crippen LogP contribution is 2.27. The first-order valence-electron chi connectivity index (χ1n) is 9.46. The fourth-order valence-corrected chi connectivity index (χ4v) is 2.85. The zero-order valence-corrected chi connectivity index (χ0v) is 16.7. The molecule has 4 aromatic rings. The predicted octanol–water partition coefficient (Wildman–Crippen LogP) is 5.50. The Kier molecular flexibility index (Phi) is 4.97. The standard InChI is InChI=1S/C25H21N3O/c1-25(2,3)22-14-12-21(13-15-22)24-28-27-23(29-24)20-10-8-18(9-11-20)6-7-19-5-4-16-26-17-19/h4-5,8-17H,1-3H3. The van der Waals surface area contributed by atoms with Crippen molar-refractivity contribution in [2.75, 3.05) is 0 Å². The number of pyridine rings is 1. The Labute approximate surface area is 170 Å². The van der Waals surface area contributed by atoms with Gasteiger partial charge in [0.2, 0.25) is 11.8 Å². The molecule has 0 atom stereocenters. The molecule has 2 heterocycles. The maximum absolute atomic E-state index is 5.88. The highest BCUT2D eigenvalue weighted by atomic mass is 16.4. The summed E-state index contributed by atoms with van der Waals surface area (Å²) in [5.74, 6) is 7.24. The van der Waals surface area contributed by atoms with Crippen molar-refractivity contribution in [3.05, 3.63) is 89.7 Å². The van der Waals surface area contributed by atoms with Gasteiger partial charge in [0, 0.05) is 34.6 Å². The lowest BCUT2D eigenvalue weighted by atomic mass is 9.87. The Bertz CT molecular complexity index is 1160. The Morgan fingerprint density at radius 3 is 1.86 bits per heavy atom. The van der Waals surface area contributed by atoms with Crippen LogP contribution in [0.15, 0.2) is 77.5 Å². The topological polar surface area (TPSA) is 51.8 Å². The van der Waals surface area contributed by atoms with Crippen LogP contribution in [0.5, 0.6) is 0 Å². The molecule has 4 rings (SSSR count). The van der Waals surface area contributed by atoms with Crippen molar-refractivity contribution in [3.63, 3.8) is 0 Å². The van der Waals surface area contributed by atoms with Crippen molar-refractivity contribution in [2.45, 2.75) is 26.2 Å². The van der Waals surface area contributed by atoms with Gasteiger partial charge in [-0.05, 0) is 59.5 Å². The minimum Gasteiger partial charge on any atom is -0.416 e. The van der Waals surface area contributed by atoms with Crippen LogP contribution in [0.4, 0.5) is 0 Å². The molecule has 4 heteroatoms. The third-order valence-electron chi connectivity index (χ3n) is 4.57. The summed E-state index contributed by atoms with van der Waals surface area (Å²) in [7, 11) is 0. The van der Waals surface area contributed by atoms with Crippen LogP contribution in [0.3, 0.4) is 0 Å². The third-order valence-corrected chi connectivity index (χ3v) is 4.57. The van der Waals surface area contributed by atoms with Crippen LogP contribution < -0.4 is 0 Å². The van der Waals surface area contributed by atoms with Gasteiger partial charge in [0.1, 0.15) is 0 Å². The summed E-state index contributed by atoms with van der Waals surface area (Å²) in [5.41, 5.74) is 4.95. The number of nitrogens with zero attached hydrogens (tertiary/aromatic N) is 3. The van der Waals surface area contributed by atoms with E-state index in [0.717, 1.165) is 22.3 Å². The van der Waals surface area contributed by atoms with Gasteiger partial charge in [0.15, 0.2) is 0 Å².